The van der Waals surface area contributed by atoms with Crippen molar-refractivity contribution in [3.8, 4) is 0 Å². The molecule has 26 heavy (non-hydrogen) atoms. The molecular formula is C19H20F2N2O2S. The van der Waals surface area contributed by atoms with Gasteiger partial charge in [-0.05, 0) is 43.3 Å². The summed E-state index contributed by atoms with van der Waals surface area (Å²) in [6.45, 7) is 3.61. The molecule has 1 amide bonds. The molecule has 1 heterocycles. The van der Waals surface area contributed by atoms with Crippen LogP contribution in [0.4, 0.5) is 20.2 Å². The number of benzene rings is 2. The number of rotatable bonds is 5. The Bertz CT molecular complexity index is 755. The highest BCUT2D eigenvalue weighted by molar-refractivity contribution is 7.99. The first-order valence-electron chi connectivity index (χ1n) is 8.35. The van der Waals surface area contributed by atoms with Crippen LogP contribution in [-0.2, 0) is 4.74 Å². The first kappa shape index (κ1) is 18.7. The van der Waals surface area contributed by atoms with Crippen molar-refractivity contribution in [3.05, 3.63) is 54.1 Å². The lowest BCUT2D eigenvalue weighted by atomic mass is 10.1. The highest BCUT2D eigenvalue weighted by atomic mass is 32.2. The highest BCUT2D eigenvalue weighted by Crippen LogP contribution is 2.28. The number of anilines is 2. The topological polar surface area (TPSA) is 41.6 Å². The number of halogens is 2. The number of alkyl halides is 2. The minimum absolute atomic E-state index is 0.0210. The molecule has 0 saturated carbocycles. The number of hydrogen-bond donors (Lipinski definition) is 1. The van der Waals surface area contributed by atoms with Crippen LogP contribution in [0.2, 0.25) is 0 Å². The number of hydrogen-bond acceptors (Lipinski definition) is 4. The van der Waals surface area contributed by atoms with Crippen LogP contribution in [0.3, 0.4) is 0 Å². The van der Waals surface area contributed by atoms with E-state index >= 15 is 0 Å². The molecule has 0 aliphatic carbocycles. The summed E-state index contributed by atoms with van der Waals surface area (Å²) in [5.74, 6) is -2.49. The van der Waals surface area contributed by atoms with Crippen molar-refractivity contribution in [2.24, 2.45) is 0 Å². The average Bonchev–Trinajstić information content (AvgIpc) is 2.63. The molecule has 3 rings (SSSR count). The molecule has 0 spiro atoms. The molecule has 0 radical (unpaired) electrons. The van der Waals surface area contributed by atoms with Gasteiger partial charge in [-0.15, -0.1) is 0 Å². The normalized spacial score (nSPS) is 17.4. The third-order valence-electron chi connectivity index (χ3n) is 4.04. The predicted octanol–water partition coefficient (Wildman–Crippen LogP) is 4.61. The maximum Gasteiger partial charge on any atom is 0.288 e. The monoisotopic (exact) mass is 378 g/mol. The molecule has 1 saturated heterocycles. The first-order valence-corrected chi connectivity index (χ1v) is 9.22. The second-order valence-corrected chi connectivity index (χ2v) is 7.07. The zero-order valence-corrected chi connectivity index (χ0v) is 15.1. The van der Waals surface area contributed by atoms with Crippen LogP contribution in [0.15, 0.2) is 53.4 Å². The molecule has 0 unspecified atom stereocenters. The number of morpholine rings is 1. The van der Waals surface area contributed by atoms with Crippen LogP contribution in [-0.4, -0.2) is 42.4 Å². The Labute approximate surface area is 155 Å². The fourth-order valence-electron chi connectivity index (χ4n) is 2.83. The van der Waals surface area contributed by atoms with Gasteiger partial charge in [-0.25, -0.2) is 0 Å². The summed E-state index contributed by atoms with van der Waals surface area (Å²) < 4.78 is 30.3. The Kier molecular flexibility index (Phi) is 6.11. The van der Waals surface area contributed by atoms with Gasteiger partial charge in [0.15, 0.2) is 0 Å². The smallest absolute Gasteiger partial charge is 0.288 e. The van der Waals surface area contributed by atoms with Gasteiger partial charge in [0.25, 0.3) is 11.7 Å². The van der Waals surface area contributed by atoms with E-state index in [-0.39, 0.29) is 12.0 Å². The van der Waals surface area contributed by atoms with Crippen molar-refractivity contribution in [1.29, 1.82) is 0 Å². The van der Waals surface area contributed by atoms with Crippen molar-refractivity contribution in [2.75, 3.05) is 25.0 Å². The van der Waals surface area contributed by atoms with Gasteiger partial charge in [0, 0.05) is 23.7 Å². The summed E-state index contributed by atoms with van der Waals surface area (Å²) >= 11 is 0.507. The van der Waals surface area contributed by atoms with E-state index in [4.69, 9.17) is 4.74 Å². The Morgan fingerprint density at radius 2 is 1.96 bits per heavy atom. The van der Waals surface area contributed by atoms with E-state index in [0.717, 1.165) is 5.69 Å². The van der Waals surface area contributed by atoms with Crippen LogP contribution < -0.4 is 5.32 Å². The van der Waals surface area contributed by atoms with E-state index in [0.29, 0.717) is 47.6 Å². The van der Waals surface area contributed by atoms with Gasteiger partial charge in [0.05, 0.1) is 24.0 Å². The van der Waals surface area contributed by atoms with Crippen molar-refractivity contribution in [1.82, 2.24) is 4.90 Å². The van der Waals surface area contributed by atoms with E-state index in [1.54, 1.807) is 35.2 Å². The van der Waals surface area contributed by atoms with Gasteiger partial charge in [-0.1, -0.05) is 23.9 Å². The van der Waals surface area contributed by atoms with Crippen molar-refractivity contribution < 1.29 is 18.3 Å². The van der Waals surface area contributed by atoms with Gasteiger partial charge in [0.1, 0.15) is 0 Å². The van der Waals surface area contributed by atoms with Crippen LogP contribution in [0.1, 0.15) is 17.3 Å². The lowest BCUT2D eigenvalue weighted by Gasteiger charge is -2.31. The largest absolute Gasteiger partial charge is 0.375 e. The maximum atomic E-state index is 12.9. The molecule has 1 aliphatic rings. The van der Waals surface area contributed by atoms with Gasteiger partial charge < -0.3 is 15.0 Å². The second kappa shape index (κ2) is 8.51. The summed E-state index contributed by atoms with van der Waals surface area (Å²) in [7, 11) is 0. The van der Waals surface area contributed by atoms with E-state index in [2.05, 4.69) is 5.32 Å². The van der Waals surface area contributed by atoms with Crippen LogP contribution in [0.5, 0.6) is 0 Å². The number of nitrogens with one attached hydrogen (secondary N) is 1. The zero-order valence-electron chi connectivity index (χ0n) is 14.3. The Morgan fingerprint density at radius 3 is 2.65 bits per heavy atom. The Balaban J connectivity index is 1.75. The van der Waals surface area contributed by atoms with Crippen LogP contribution >= 0.6 is 11.8 Å². The average molecular weight is 378 g/mol. The Hall–Kier alpha value is -2.12. The molecule has 4 nitrogen and oxygen atoms in total. The number of carbonyl (C=O) groups is 1. The summed E-state index contributed by atoms with van der Waals surface area (Å²) in [4.78, 5) is 15.2. The van der Waals surface area contributed by atoms with Gasteiger partial charge in [-0.2, -0.15) is 8.78 Å². The molecule has 1 fully saturated rings. The third-order valence-corrected chi connectivity index (χ3v) is 4.77. The summed E-state index contributed by atoms with van der Waals surface area (Å²) in [5, 5.41) is 3.21. The summed E-state index contributed by atoms with van der Waals surface area (Å²) in [6, 6.07) is 14.0. The van der Waals surface area contributed by atoms with Crippen molar-refractivity contribution >= 4 is 29.0 Å². The number of ether oxygens (including phenoxy) is 1. The molecular weight excluding hydrogens is 358 g/mol. The van der Waals surface area contributed by atoms with E-state index in [9.17, 15) is 13.6 Å². The van der Waals surface area contributed by atoms with Gasteiger partial charge in [0.2, 0.25) is 0 Å². The first-order chi connectivity index (χ1) is 12.5. The fourth-order valence-corrected chi connectivity index (χ4v) is 3.33. The molecule has 1 N–H and O–H groups in total. The lowest BCUT2D eigenvalue weighted by molar-refractivity contribution is -0.0123. The molecule has 1 atom stereocenters. The molecule has 2 aromatic rings. The standard InChI is InChI=1S/C19H20F2N2O2S/c1-13-12-23(10-11-25-13)18(24)16-4-2-3-5-17(16)22-14-6-8-15(9-7-14)26-19(20)21/h2-9,13,19,22H,10-12H2,1H3/t13-/m1/s1. The number of nitrogens with zero attached hydrogens (tertiary/aromatic N) is 1. The predicted molar refractivity (Wildman–Crippen MR) is 99.3 cm³/mol. The maximum absolute atomic E-state index is 12.9. The summed E-state index contributed by atoms with van der Waals surface area (Å²) in [5.41, 5.74) is 2.00. The molecule has 2 aromatic carbocycles. The summed E-state index contributed by atoms with van der Waals surface area (Å²) in [6.07, 6.45) is 0.0210. The van der Waals surface area contributed by atoms with E-state index in [1.807, 2.05) is 25.1 Å². The number of para-hydroxylation sites is 1. The van der Waals surface area contributed by atoms with Crippen molar-refractivity contribution in [2.45, 2.75) is 23.7 Å². The van der Waals surface area contributed by atoms with E-state index in [1.165, 1.54) is 0 Å². The molecule has 0 aromatic heterocycles. The number of carbonyl (C=O) groups excluding carboxylic acids is 1. The quantitative estimate of drug-likeness (QED) is 0.772. The minimum atomic E-state index is -2.44. The van der Waals surface area contributed by atoms with E-state index < -0.39 is 5.76 Å². The molecule has 7 heteroatoms. The molecule has 138 valence electrons. The number of amides is 1. The third kappa shape index (κ3) is 4.74. The van der Waals surface area contributed by atoms with Crippen molar-refractivity contribution in [3.63, 3.8) is 0 Å². The number of thioether (sulfide) groups is 1. The molecule has 0 bridgehead atoms. The molecule has 1 aliphatic heterocycles. The SMILES string of the molecule is C[C@@H]1CN(C(=O)c2ccccc2Nc2ccc(SC(F)F)cc2)CCO1. The highest BCUT2D eigenvalue weighted by Gasteiger charge is 2.24. The second-order valence-electron chi connectivity index (χ2n) is 6.01. The van der Waals surface area contributed by atoms with Crippen LogP contribution in [0.25, 0.3) is 0 Å². The van der Waals surface area contributed by atoms with Crippen LogP contribution in [0, 0.1) is 0 Å². The lowest BCUT2D eigenvalue weighted by Crippen LogP contribution is -2.44. The van der Waals surface area contributed by atoms with Gasteiger partial charge >= 0.3 is 0 Å². The fraction of sp³-hybridized carbons (Fsp3) is 0.316. The zero-order chi connectivity index (χ0) is 18.5. The Morgan fingerprint density at radius 1 is 1.23 bits per heavy atom. The minimum Gasteiger partial charge on any atom is -0.375 e. The van der Waals surface area contributed by atoms with Gasteiger partial charge in [-0.3, -0.25) is 4.79 Å².